The van der Waals surface area contributed by atoms with E-state index in [1.165, 1.54) is 17.7 Å². The average Bonchev–Trinajstić information content (AvgIpc) is 2.78. The predicted molar refractivity (Wildman–Crippen MR) is 113 cm³/mol. The molecule has 0 bridgehead atoms. The quantitative estimate of drug-likeness (QED) is 0.570. The molecule has 3 aromatic rings. The number of fused-ring (bicyclic) bond motifs is 1. The minimum absolute atomic E-state index is 0.0434. The number of halogens is 2. The molecule has 2 nitrogen and oxygen atoms in total. The highest BCUT2D eigenvalue weighted by atomic mass is 19.2. The Kier molecular flexibility index (Phi) is 6.10. The maximum Gasteiger partial charge on any atom is 0.159 e. The molecule has 1 saturated heterocycles. The molecule has 0 aromatic heterocycles. The minimum atomic E-state index is -0.858. The summed E-state index contributed by atoms with van der Waals surface area (Å²) in [6.45, 7) is 1.10. The van der Waals surface area contributed by atoms with Crippen LogP contribution in [0.25, 0.3) is 10.8 Å². The first-order valence-corrected chi connectivity index (χ1v) is 9.80. The minimum Gasteiger partial charge on any atom is -0.351 e. The van der Waals surface area contributed by atoms with E-state index in [-0.39, 0.29) is 12.2 Å². The standard InChI is InChI=1S/C26H20F2O2/c1-2-18-16-29-26(30-17-18)12-10-20-5-3-19(4-6-20)7-8-21-9-11-22-14-24(27)25(28)15-23(22)13-21/h1,3-6,9,11,13-15,18,26H,10,12,16-17H2. The van der Waals surface area contributed by atoms with Crippen molar-refractivity contribution in [1.82, 2.24) is 0 Å². The van der Waals surface area contributed by atoms with Crippen molar-refractivity contribution in [3.8, 4) is 24.2 Å². The van der Waals surface area contributed by atoms with Crippen molar-refractivity contribution < 1.29 is 18.3 Å². The summed E-state index contributed by atoms with van der Waals surface area (Å²) in [6.07, 6.45) is 6.78. The SMILES string of the molecule is C#CC1COC(CCc2ccc(C#Cc3ccc4cc(F)c(F)cc4c3)cc2)OC1. The van der Waals surface area contributed by atoms with Crippen LogP contribution in [0.2, 0.25) is 0 Å². The van der Waals surface area contributed by atoms with Crippen LogP contribution in [0.4, 0.5) is 8.78 Å². The van der Waals surface area contributed by atoms with Crippen LogP contribution in [0.5, 0.6) is 0 Å². The fourth-order valence-corrected chi connectivity index (χ4v) is 3.31. The van der Waals surface area contributed by atoms with Crippen molar-refractivity contribution in [2.45, 2.75) is 19.1 Å². The molecule has 4 heteroatoms. The first-order chi connectivity index (χ1) is 14.6. The lowest BCUT2D eigenvalue weighted by Gasteiger charge is -2.26. The first kappa shape index (κ1) is 20.1. The summed E-state index contributed by atoms with van der Waals surface area (Å²) in [7, 11) is 0. The molecule has 1 aliphatic rings. The van der Waals surface area contributed by atoms with E-state index in [0.29, 0.717) is 24.0 Å². The van der Waals surface area contributed by atoms with Gasteiger partial charge >= 0.3 is 0 Å². The topological polar surface area (TPSA) is 18.5 Å². The molecule has 0 saturated carbocycles. The molecule has 4 rings (SSSR count). The van der Waals surface area contributed by atoms with Gasteiger partial charge in [0.15, 0.2) is 17.9 Å². The lowest BCUT2D eigenvalue weighted by molar-refractivity contribution is -0.193. The number of ether oxygens (including phenoxy) is 2. The fraction of sp³-hybridized carbons (Fsp3) is 0.231. The van der Waals surface area contributed by atoms with E-state index in [4.69, 9.17) is 15.9 Å². The van der Waals surface area contributed by atoms with E-state index in [0.717, 1.165) is 24.0 Å². The Balaban J connectivity index is 1.37. The van der Waals surface area contributed by atoms with Gasteiger partial charge < -0.3 is 9.47 Å². The van der Waals surface area contributed by atoms with Crippen molar-refractivity contribution in [1.29, 1.82) is 0 Å². The van der Waals surface area contributed by atoms with Gasteiger partial charge in [0.05, 0.1) is 19.1 Å². The van der Waals surface area contributed by atoms with Gasteiger partial charge in [0.1, 0.15) is 0 Å². The van der Waals surface area contributed by atoms with Gasteiger partial charge in [-0.05, 0) is 59.2 Å². The van der Waals surface area contributed by atoms with Crippen LogP contribution in [0.1, 0.15) is 23.1 Å². The second kappa shape index (κ2) is 9.09. The van der Waals surface area contributed by atoms with Gasteiger partial charge in [-0.1, -0.05) is 36.0 Å². The third-order valence-electron chi connectivity index (χ3n) is 5.06. The van der Waals surface area contributed by atoms with Crippen LogP contribution >= 0.6 is 0 Å². The number of benzene rings is 3. The average molecular weight is 402 g/mol. The smallest absolute Gasteiger partial charge is 0.159 e. The van der Waals surface area contributed by atoms with Gasteiger partial charge in [-0.2, -0.15) is 0 Å². The van der Waals surface area contributed by atoms with E-state index >= 15 is 0 Å². The van der Waals surface area contributed by atoms with Crippen LogP contribution < -0.4 is 0 Å². The molecular weight excluding hydrogens is 382 g/mol. The number of rotatable bonds is 3. The van der Waals surface area contributed by atoms with Crippen molar-refractivity contribution in [3.63, 3.8) is 0 Å². The molecule has 0 spiro atoms. The van der Waals surface area contributed by atoms with E-state index in [2.05, 4.69) is 17.8 Å². The van der Waals surface area contributed by atoms with Gasteiger partial charge in [0.25, 0.3) is 0 Å². The zero-order chi connectivity index (χ0) is 20.9. The zero-order valence-electron chi connectivity index (χ0n) is 16.3. The largest absolute Gasteiger partial charge is 0.351 e. The molecule has 0 unspecified atom stereocenters. The summed E-state index contributed by atoms with van der Waals surface area (Å²) in [4.78, 5) is 0. The normalized spacial score (nSPS) is 18.4. The molecule has 0 amide bonds. The zero-order valence-corrected chi connectivity index (χ0v) is 16.3. The molecular formula is C26H20F2O2. The first-order valence-electron chi connectivity index (χ1n) is 9.80. The summed E-state index contributed by atoms with van der Waals surface area (Å²) in [5, 5.41) is 1.27. The van der Waals surface area contributed by atoms with Crippen LogP contribution in [-0.2, 0) is 15.9 Å². The third-order valence-corrected chi connectivity index (χ3v) is 5.06. The molecule has 0 N–H and O–H groups in total. The van der Waals surface area contributed by atoms with E-state index in [1.807, 2.05) is 24.3 Å². The molecule has 3 aromatic carbocycles. The molecule has 0 aliphatic carbocycles. The van der Waals surface area contributed by atoms with Crippen molar-refractivity contribution in [3.05, 3.63) is 82.9 Å². The second-order valence-electron chi connectivity index (χ2n) is 7.27. The van der Waals surface area contributed by atoms with Gasteiger partial charge in [-0.25, -0.2) is 8.78 Å². The lowest BCUT2D eigenvalue weighted by atomic mass is 10.1. The van der Waals surface area contributed by atoms with Crippen molar-refractivity contribution in [2.75, 3.05) is 13.2 Å². The van der Waals surface area contributed by atoms with Gasteiger partial charge in [-0.3, -0.25) is 0 Å². The number of hydrogen-bond acceptors (Lipinski definition) is 2. The van der Waals surface area contributed by atoms with Crippen LogP contribution in [0, 0.1) is 41.7 Å². The Hall–Kier alpha value is -3.18. The maximum absolute atomic E-state index is 13.4. The van der Waals surface area contributed by atoms with Gasteiger partial charge in [0.2, 0.25) is 0 Å². The van der Waals surface area contributed by atoms with E-state index in [1.54, 1.807) is 18.2 Å². The summed E-state index contributed by atoms with van der Waals surface area (Å²) in [6, 6.07) is 15.7. The number of terminal acetylenes is 1. The third kappa shape index (κ3) is 4.86. The highest BCUT2D eigenvalue weighted by molar-refractivity contribution is 5.84. The van der Waals surface area contributed by atoms with E-state index < -0.39 is 11.6 Å². The van der Waals surface area contributed by atoms with Gasteiger partial charge in [0, 0.05) is 17.5 Å². The van der Waals surface area contributed by atoms with E-state index in [9.17, 15) is 8.78 Å². The monoisotopic (exact) mass is 402 g/mol. The van der Waals surface area contributed by atoms with Crippen LogP contribution in [0.15, 0.2) is 54.6 Å². The Morgan fingerprint density at radius 1 is 0.833 bits per heavy atom. The summed E-state index contributed by atoms with van der Waals surface area (Å²) < 4.78 is 38.0. The fourth-order valence-electron chi connectivity index (χ4n) is 3.31. The summed E-state index contributed by atoms with van der Waals surface area (Å²) >= 11 is 0. The summed E-state index contributed by atoms with van der Waals surface area (Å²) in [5.41, 5.74) is 2.80. The number of hydrogen-bond donors (Lipinski definition) is 0. The molecule has 1 fully saturated rings. The Morgan fingerprint density at radius 3 is 2.17 bits per heavy atom. The lowest BCUT2D eigenvalue weighted by Crippen LogP contribution is -2.31. The number of aryl methyl sites for hydroxylation is 1. The Morgan fingerprint density at radius 2 is 1.47 bits per heavy atom. The van der Waals surface area contributed by atoms with Crippen molar-refractivity contribution in [2.24, 2.45) is 5.92 Å². The summed E-state index contributed by atoms with van der Waals surface area (Å²) in [5.74, 6) is 7.17. The molecule has 1 aliphatic heterocycles. The molecule has 30 heavy (non-hydrogen) atoms. The highest BCUT2D eigenvalue weighted by Crippen LogP contribution is 2.20. The van der Waals surface area contributed by atoms with Crippen LogP contribution in [-0.4, -0.2) is 19.5 Å². The Labute approximate surface area is 174 Å². The van der Waals surface area contributed by atoms with Crippen molar-refractivity contribution >= 4 is 10.8 Å². The Bertz CT molecular complexity index is 1140. The van der Waals surface area contributed by atoms with Crippen LogP contribution in [0.3, 0.4) is 0 Å². The molecule has 150 valence electrons. The second-order valence-corrected chi connectivity index (χ2v) is 7.27. The predicted octanol–water partition coefficient (Wildman–Crippen LogP) is 5.07. The van der Waals surface area contributed by atoms with Gasteiger partial charge in [-0.15, -0.1) is 6.42 Å². The highest BCUT2D eigenvalue weighted by Gasteiger charge is 2.20. The molecule has 0 radical (unpaired) electrons. The molecule has 0 atom stereocenters. The maximum atomic E-state index is 13.4. The molecule has 1 heterocycles.